The number of rotatable bonds is 5. The van der Waals surface area contributed by atoms with Gasteiger partial charge in [-0.1, -0.05) is 44.7 Å². The van der Waals surface area contributed by atoms with Crippen molar-refractivity contribution >= 4 is 7.60 Å². The molecule has 2 rings (SSSR count). The highest BCUT2D eigenvalue weighted by molar-refractivity contribution is 7.53. The molecule has 0 saturated carbocycles. The third-order valence-electron chi connectivity index (χ3n) is 2.73. The molecule has 1 aliphatic rings. The Kier molecular flexibility index (Phi) is 6.73. The van der Waals surface area contributed by atoms with Gasteiger partial charge >= 0.3 is 7.60 Å². The molecule has 0 aromatic heterocycles. The van der Waals surface area contributed by atoms with Crippen molar-refractivity contribution in [1.82, 2.24) is 0 Å². The second-order valence-corrected chi connectivity index (χ2v) is 6.22. The lowest BCUT2D eigenvalue weighted by Crippen LogP contribution is -2.16. The van der Waals surface area contributed by atoms with Gasteiger partial charge in [0.15, 0.2) is 0 Å². The van der Waals surface area contributed by atoms with Gasteiger partial charge in [0, 0.05) is 13.0 Å². The predicted octanol–water partition coefficient (Wildman–Crippen LogP) is 4.38. The number of benzene rings is 1. The molecule has 0 spiro atoms. The number of ether oxygens (including phenoxy) is 1. The molecule has 1 saturated heterocycles. The lowest BCUT2D eigenvalue weighted by molar-refractivity contribution is 0.0575. The van der Waals surface area contributed by atoms with Crippen LogP contribution in [0.4, 0.5) is 0 Å². The minimum atomic E-state index is -3.09. The zero-order chi connectivity index (χ0) is 12.8. The summed E-state index contributed by atoms with van der Waals surface area (Å²) in [7, 11) is -3.09. The average Bonchev–Trinajstić information content (AvgIpc) is 2.40. The van der Waals surface area contributed by atoms with Crippen molar-refractivity contribution < 1.29 is 18.3 Å². The first-order chi connectivity index (χ1) is 8.73. The molecule has 1 aliphatic heterocycles. The van der Waals surface area contributed by atoms with Crippen LogP contribution in [0, 0.1) is 0 Å². The summed E-state index contributed by atoms with van der Waals surface area (Å²) in [5, 5.41) is 0. The minimum absolute atomic E-state index is 0. The molecule has 2 unspecified atom stereocenters. The van der Waals surface area contributed by atoms with Gasteiger partial charge in [-0.2, -0.15) is 0 Å². The van der Waals surface area contributed by atoms with Crippen LogP contribution in [-0.4, -0.2) is 19.6 Å². The number of hydrogen-bond acceptors (Lipinski definition) is 4. The van der Waals surface area contributed by atoms with E-state index in [-0.39, 0.29) is 19.9 Å². The Bertz CT molecular complexity index is 407. The molecule has 1 aromatic rings. The van der Waals surface area contributed by atoms with Crippen molar-refractivity contribution in [3.63, 3.8) is 0 Å². The van der Waals surface area contributed by atoms with Gasteiger partial charge in [0.2, 0.25) is 0 Å². The van der Waals surface area contributed by atoms with E-state index in [1.807, 2.05) is 37.3 Å². The first-order valence-corrected chi connectivity index (χ1v) is 8.01. The highest BCUT2D eigenvalue weighted by atomic mass is 31.2. The molecule has 108 valence electrons. The van der Waals surface area contributed by atoms with E-state index < -0.39 is 7.60 Å². The fourth-order valence-electron chi connectivity index (χ4n) is 1.86. The summed E-state index contributed by atoms with van der Waals surface area (Å²) in [6, 6.07) is 9.81. The normalized spacial score (nSPS) is 26.7. The van der Waals surface area contributed by atoms with Crippen molar-refractivity contribution in [2.75, 3.05) is 19.6 Å². The van der Waals surface area contributed by atoms with Crippen LogP contribution in [0.5, 0.6) is 0 Å². The molecule has 1 fully saturated rings. The molecule has 1 aromatic carbocycles. The monoisotopic (exact) mass is 286 g/mol. The zero-order valence-corrected chi connectivity index (χ0v) is 11.5. The Balaban J connectivity index is 0.00000180. The summed E-state index contributed by atoms with van der Waals surface area (Å²) in [6.45, 7) is 3.03. The van der Waals surface area contributed by atoms with E-state index in [9.17, 15) is 4.57 Å². The first kappa shape index (κ1) is 16.4. The topological polar surface area (TPSA) is 44.8 Å². The van der Waals surface area contributed by atoms with Crippen molar-refractivity contribution in [1.29, 1.82) is 0 Å². The van der Waals surface area contributed by atoms with Crippen LogP contribution in [-0.2, 0) is 18.3 Å². The van der Waals surface area contributed by atoms with Gasteiger partial charge < -0.3 is 9.26 Å². The van der Waals surface area contributed by atoms with Crippen LogP contribution >= 0.6 is 7.60 Å². The van der Waals surface area contributed by atoms with E-state index in [4.69, 9.17) is 13.8 Å². The van der Waals surface area contributed by atoms with Crippen LogP contribution in [0.3, 0.4) is 0 Å². The van der Waals surface area contributed by atoms with Crippen molar-refractivity contribution in [2.45, 2.75) is 33.3 Å². The molecule has 4 nitrogen and oxygen atoms in total. The van der Waals surface area contributed by atoms with E-state index in [2.05, 4.69) is 0 Å². The Labute approximate surface area is 115 Å². The maximum Gasteiger partial charge on any atom is 0.356 e. The first-order valence-electron chi connectivity index (χ1n) is 6.28. The lowest BCUT2D eigenvalue weighted by atomic mass is 10.1. The third-order valence-corrected chi connectivity index (χ3v) is 4.38. The van der Waals surface area contributed by atoms with Gasteiger partial charge in [-0.15, -0.1) is 0 Å². The lowest BCUT2D eigenvalue weighted by Gasteiger charge is -2.29. The van der Waals surface area contributed by atoms with Crippen LogP contribution < -0.4 is 0 Å². The second kappa shape index (κ2) is 7.81. The van der Waals surface area contributed by atoms with Crippen molar-refractivity contribution in [3.05, 3.63) is 35.9 Å². The molecule has 19 heavy (non-hydrogen) atoms. The summed E-state index contributed by atoms with van der Waals surface area (Å²) in [4.78, 5) is 0. The molecule has 0 amide bonds. The predicted molar refractivity (Wildman–Crippen MR) is 76.3 cm³/mol. The van der Waals surface area contributed by atoms with Gasteiger partial charge in [0.1, 0.15) is 6.35 Å². The zero-order valence-electron chi connectivity index (χ0n) is 10.6. The van der Waals surface area contributed by atoms with Gasteiger partial charge in [-0.25, -0.2) is 0 Å². The van der Waals surface area contributed by atoms with Gasteiger partial charge in [-0.05, 0) is 12.0 Å². The highest BCUT2D eigenvalue weighted by Crippen LogP contribution is 2.55. The largest absolute Gasteiger partial charge is 0.369 e. The third kappa shape index (κ3) is 4.73. The standard InChI is InChI=1S/C13H19O4P.CH4/c1-2-9-15-11-18(14)16-10-8-13(17-18)12-6-4-3-5-7-12;/h3-7,13H,2,8-11H2,1H3;1H4. The summed E-state index contributed by atoms with van der Waals surface area (Å²) in [5.41, 5.74) is 1.04. The summed E-state index contributed by atoms with van der Waals surface area (Å²) in [6.07, 6.45) is 1.50. The highest BCUT2D eigenvalue weighted by Gasteiger charge is 2.34. The van der Waals surface area contributed by atoms with Crippen molar-refractivity contribution in [3.8, 4) is 0 Å². The van der Waals surface area contributed by atoms with Crippen LogP contribution in [0.1, 0.15) is 38.9 Å². The Morgan fingerprint density at radius 1 is 1.37 bits per heavy atom. The van der Waals surface area contributed by atoms with Crippen LogP contribution in [0.15, 0.2) is 30.3 Å². The summed E-state index contributed by atoms with van der Waals surface area (Å²) >= 11 is 0. The van der Waals surface area contributed by atoms with E-state index in [1.165, 1.54) is 0 Å². The average molecular weight is 286 g/mol. The molecular formula is C14H23O4P. The molecule has 5 heteroatoms. The van der Waals surface area contributed by atoms with E-state index >= 15 is 0 Å². The minimum Gasteiger partial charge on any atom is -0.369 e. The van der Waals surface area contributed by atoms with Crippen LogP contribution in [0.25, 0.3) is 0 Å². The summed E-state index contributed by atoms with van der Waals surface area (Å²) in [5.74, 6) is 0. The second-order valence-electron chi connectivity index (χ2n) is 4.27. The number of hydrogen-bond donors (Lipinski definition) is 0. The Morgan fingerprint density at radius 2 is 2.11 bits per heavy atom. The molecular weight excluding hydrogens is 263 g/mol. The van der Waals surface area contributed by atoms with Crippen molar-refractivity contribution in [2.24, 2.45) is 0 Å². The molecule has 2 atom stereocenters. The molecule has 0 radical (unpaired) electrons. The Hall–Kier alpha value is -0.670. The maximum absolute atomic E-state index is 12.3. The fraction of sp³-hybridized carbons (Fsp3) is 0.571. The molecule has 0 N–H and O–H groups in total. The summed E-state index contributed by atoms with van der Waals surface area (Å²) < 4.78 is 28.5. The quantitative estimate of drug-likeness (QED) is 0.595. The maximum atomic E-state index is 12.3. The molecule has 1 heterocycles. The molecule has 0 aliphatic carbocycles. The molecule has 0 bridgehead atoms. The van der Waals surface area contributed by atoms with E-state index in [0.717, 1.165) is 18.4 Å². The van der Waals surface area contributed by atoms with Gasteiger partial charge in [0.05, 0.1) is 12.7 Å². The van der Waals surface area contributed by atoms with Gasteiger partial charge in [-0.3, -0.25) is 9.09 Å². The SMILES string of the molecule is C.CCCOCP1(=O)OCCC(c2ccccc2)O1. The smallest absolute Gasteiger partial charge is 0.356 e. The van der Waals surface area contributed by atoms with E-state index in [1.54, 1.807) is 0 Å². The fourth-order valence-corrected chi connectivity index (χ4v) is 3.41. The Morgan fingerprint density at radius 3 is 2.79 bits per heavy atom. The van der Waals surface area contributed by atoms with E-state index in [0.29, 0.717) is 13.2 Å². The van der Waals surface area contributed by atoms with Crippen LogP contribution in [0.2, 0.25) is 0 Å². The van der Waals surface area contributed by atoms with Gasteiger partial charge in [0.25, 0.3) is 0 Å².